The normalized spacial score (nSPS) is 16.2. The molecule has 0 aliphatic carbocycles. The summed E-state index contributed by atoms with van der Waals surface area (Å²) < 4.78 is 5.66. The second-order valence-corrected chi connectivity index (χ2v) is 4.38. The van der Waals surface area contributed by atoms with E-state index in [0.717, 1.165) is 25.9 Å². The van der Waals surface area contributed by atoms with E-state index >= 15 is 0 Å². The zero-order chi connectivity index (χ0) is 13.5. The first-order chi connectivity index (χ1) is 9.25. The number of carbonyl (C=O) groups is 1. The molecule has 0 spiro atoms. The van der Waals surface area contributed by atoms with Crippen molar-refractivity contribution in [3.8, 4) is 0 Å². The Bertz CT molecular complexity index is 448. The minimum atomic E-state index is -0.328. The number of nitrogens with zero attached hydrogens (tertiary/aromatic N) is 1. The largest absolute Gasteiger partial charge is 0.376 e. The van der Waals surface area contributed by atoms with Crippen molar-refractivity contribution in [2.45, 2.75) is 18.9 Å². The van der Waals surface area contributed by atoms with Crippen LogP contribution in [-0.2, 0) is 4.74 Å². The number of piperidine rings is 1. The quantitative estimate of drug-likeness (QED) is 0.611. The van der Waals surface area contributed by atoms with Crippen molar-refractivity contribution in [3.63, 3.8) is 0 Å². The van der Waals surface area contributed by atoms with E-state index in [-0.39, 0.29) is 23.3 Å². The van der Waals surface area contributed by atoms with Crippen molar-refractivity contribution in [2.75, 3.05) is 26.2 Å². The smallest absolute Gasteiger partial charge is 0.271 e. The molecular weight excluding hydrogens is 248 g/mol. The van der Waals surface area contributed by atoms with E-state index in [0.29, 0.717) is 13.2 Å². The Morgan fingerprint density at radius 2 is 2.21 bits per heavy atom. The van der Waals surface area contributed by atoms with E-state index in [9.17, 15) is 9.59 Å². The lowest BCUT2D eigenvalue weighted by molar-refractivity contribution is 0.0343. The zero-order valence-electron chi connectivity index (χ0n) is 10.6. The first-order valence-electron chi connectivity index (χ1n) is 6.42. The van der Waals surface area contributed by atoms with E-state index in [1.165, 1.54) is 12.1 Å². The molecule has 2 heterocycles. The molecule has 0 aromatic carbocycles. The average molecular weight is 266 g/mol. The summed E-state index contributed by atoms with van der Waals surface area (Å²) in [6.45, 7) is 2.89. The summed E-state index contributed by atoms with van der Waals surface area (Å²) in [6, 6.07) is 2.66. The van der Waals surface area contributed by atoms with Gasteiger partial charge < -0.3 is 15.4 Å². The number of hydrogen-bond donors (Lipinski definition) is 3. The van der Waals surface area contributed by atoms with Crippen LogP contribution in [-0.4, -0.2) is 48.4 Å². The first kappa shape index (κ1) is 13.7. The Morgan fingerprint density at radius 3 is 2.89 bits per heavy atom. The van der Waals surface area contributed by atoms with Gasteiger partial charge in [-0.2, -0.15) is 5.10 Å². The molecule has 7 heteroatoms. The molecule has 1 amide bonds. The van der Waals surface area contributed by atoms with Crippen molar-refractivity contribution < 1.29 is 9.53 Å². The van der Waals surface area contributed by atoms with E-state index in [1.54, 1.807) is 0 Å². The molecular formula is C12H18N4O3. The first-order valence-corrected chi connectivity index (χ1v) is 6.42. The maximum absolute atomic E-state index is 11.6. The molecule has 1 aromatic rings. The molecule has 2 rings (SSSR count). The van der Waals surface area contributed by atoms with E-state index in [1.807, 2.05) is 0 Å². The predicted molar refractivity (Wildman–Crippen MR) is 69.0 cm³/mol. The summed E-state index contributed by atoms with van der Waals surface area (Å²) >= 11 is 0. The van der Waals surface area contributed by atoms with Crippen LogP contribution in [0.3, 0.4) is 0 Å². The minimum absolute atomic E-state index is 0.196. The molecule has 7 nitrogen and oxygen atoms in total. The monoisotopic (exact) mass is 266 g/mol. The van der Waals surface area contributed by atoms with Crippen LogP contribution in [0.15, 0.2) is 16.9 Å². The highest BCUT2D eigenvalue weighted by atomic mass is 16.5. The molecule has 3 N–H and O–H groups in total. The molecule has 19 heavy (non-hydrogen) atoms. The summed E-state index contributed by atoms with van der Waals surface area (Å²) in [4.78, 5) is 22.5. The third-order valence-corrected chi connectivity index (χ3v) is 2.94. The van der Waals surface area contributed by atoms with Crippen molar-refractivity contribution in [1.29, 1.82) is 0 Å². The van der Waals surface area contributed by atoms with Gasteiger partial charge in [-0.25, -0.2) is 5.10 Å². The number of carbonyl (C=O) groups excluding carboxylic acids is 1. The molecule has 1 aliphatic rings. The van der Waals surface area contributed by atoms with Crippen LogP contribution in [0.5, 0.6) is 0 Å². The number of aromatic amines is 1. The van der Waals surface area contributed by atoms with Crippen LogP contribution in [0.4, 0.5) is 0 Å². The highest BCUT2D eigenvalue weighted by Crippen LogP contribution is 2.06. The Hall–Kier alpha value is -1.73. The van der Waals surface area contributed by atoms with E-state index in [4.69, 9.17) is 4.74 Å². The van der Waals surface area contributed by atoms with Gasteiger partial charge in [-0.1, -0.05) is 0 Å². The lowest BCUT2D eigenvalue weighted by Crippen LogP contribution is -2.35. The maximum atomic E-state index is 11.6. The molecule has 1 aromatic heterocycles. The fourth-order valence-electron chi connectivity index (χ4n) is 1.91. The summed E-state index contributed by atoms with van der Waals surface area (Å²) in [5.74, 6) is -0.315. The lowest BCUT2D eigenvalue weighted by atomic mass is 10.1. The number of H-pyrrole nitrogens is 1. The zero-order valence-corrected chi connectivity index (χ0v) is 10.6. The average Bonchev–Trinajstić information content (AvgIpc) is 2.45. The van der Waals surface area contributed by atoms with Gasteiger partial charge >= 0.3 is 0 Å². The molecule has 1 saturated heterocycles. The van der Waals surface area contributed by atoms with Crippen LogP contribution < -0.4 is 16.2 Å². The second kappa shape index (κ2) is 7.01. The fourth-order valence-corrected chi connectivity index (χ4v) is 1.91. The second-order valence-electron chi connectivity index (χ2n) is 4.38. The van der Waals surface area contributed by atoms with Crippen LogP contribution >= 0.6 is 0 Å². The maximum Gasteiger partial charge on any atom is 0.271 e. The standard InChI is InChI=1S/C12H18N4O3/c17-11-2-1-10(15-16-11)12(18)14-7-8-19-9-3-5-13-6-4-9/h1-2,9,13H,3-8H2,(H,14,18)(H,16,17). The summed E-state index contributed by atoms with van der Waals surface area (Å²) in [7, 11) is 0. The highest BCUT2D eigenvalue weighted by molar-refractivity contribution is 5.91. The van der Waals surface area contributed by atoms with Crippen LogP contribution in [0.1, 0.15) is 23.3 Å². The number of hydrogen-bond acceptors (Lipinski definition) is 5. The Balaban J connectivity index is 1.66. The van der Waals surface area contributed by atoms with E-state index < -0.39 is 0 Å². The van der Waals surface area contributed by atoms with Crippen molar-refractivity contribution in [2.24, 2.45) is 0 Å². The van der Waals surface area contributed by atoms with Gasteiger partial charge in [0, 0.05) is 12.6 Å². The molecule has 1 fully saturated rings. The SMILES string of the molecule is O=C(NCCOC1CCNCC1)c1ccc(=O)[nH]n1. The Labute approximate surface area is 110 Å². The van der Waals surface area contributed by atoms with Gasteiger partial charge in [0.05, 0.1) is 12.7 Å². The fraction of sp³-hybridized carbons (Fsp3) is 0.583. The predicted octanol–water partition coefficient (Wildman–Crippen LogP) is -0.732. The third-order valence-electron chi connectivity index (χ3n) is 2.94. The minimum Gasteiger partial charge on any atom is -0.376 e. The van der Waals surface area contributed by atoms with Crippen LogP contribution in [0, 0.1) is 0 Å². The van der Waals surface area contributed by atoms with Crippen LogP contribution in [0.2, 0.25) is 0 Å². The van der Waals surface area contributed by atoms with Gasteiger partial charge in [0.15, 0.2) is 0 Å². The van der Waals surface area contributed by atoms with Gasteiger partial charge in [0.25, 0.3) is 11.5 Å². The highest BCUT2D eigenvalue weighted by Gasteiger charge is 2.13. The van der Waals surface area contributed by atoms with Gasteiger partial charge in [0.2, 0.25) is 0 Å². The molecule has 104 valence electrons. The Morgan fingerprint density at radius 1 is 1.42 bits per heavy atom. The van der Waals surface area contributed by atoms with Gasteiger partial charge in [-0.05, 0) is 32.0 Å². The summed E-state index contributed by atoms with van der Waals surface area (Å²) in [6.07, 6.45) is 2.30. The number of rotatable bonds is 5. The molecule has 0 saturated carbocycles. The van der Waals surface area contributed by atoms with E-state index in [2.05, 4.69) is 20.8 Å². The van der Waals surface area contributed by atoms with Crippen molar-refractivity contribution >= 4 is 5.91 Å². The summed E-state index contributed by atoms with van der Waals surface area (Å²) in [5, 5.41) is 11.8. The van der Waals surface area contributed by atoms with Crippen LogP contribution in [0.25, 0.3) is 0 Å². The van der Waals surface area contributed by atoms with Crippen molar-refractivity contribution in [1.82, 2.24) is 20.8 Å². The Kier molecular flexibility index (Phi) is 5.05. The number of amides is 1. The lowest BCUT2D eigenvalue weighted by Gasteiger charge is -2.22. The third kappa shape index (κ3) is 4.46. The molecule has 0 radical (unpaired) electrons. The topological polar surface area (TPSA) is 96.1 Å². The molecule has 1 aliphatic heterocycles. The number of ether oxygens (including phenoxy) is 1. The van der Waals surface area contributed by atoms with Gasteiger partial charge in [-0.3, -0.25) is 9.59 Å². The van der Waals surface area contributed by atoms with Gasteiger partial charge in [0.1, 0.15) is 5.69 Å². The molecule has 0 bridgehead atoms. The number of nitrogens with one attached hydrogen (secondary N) is 3. The molecule has 0 atom stereocenters. The van der Waals surface area contributed by atoms with Crippen molar-refractivity contribution in [3.05, 3.63) is 28.2 Å². The van der Waals surface area contributed by atoms with Gasteiger partial charge in [-0.15, -0.1) is 0 Å². The molecule has 0 unspecified atom stereocenters. The summed E-state index contributed by atoms with van der Waals surface area (Å²) in [5.41, 5.74) is -0.132. The number of aromatic nitrogens is 2.